The van der Waals surface area contributed by atoms with Crippen molar-refractivity contribution in [2.24, 2.45) is 0 Å². The van der Waals surface area contributed by atoms with E-state index in [-0.39, 0.29) is 0 Å². The second-order valence-electron chi connectivity index (χ2n) is 4.84. The summed E-state index contributed by atoms with van der Waals surface area (Å²) in [5.41, 5.74) is 2.46. The molecule has 0 aliphatic heterocycles. The maximum Gasteiger partial charge on any atom is 0.0485 e. The monoisotopic (exact) mass is 247 g/mol. The third-order valence-electron chi connectivity index (χ3n) is 3.43. The molecule has 0 aromatic heterocycles. The smallest absolute Gasteiger partial charge is 0.0485 e. The first-order valence-electron chi connectivity index (χ1n) is 6.63. The average Bonchev–Trinajstić information content (AvgIpc) is 2.48. The third kappa shape index (κ3) is 2.60. The average molecular weight is 247 g/mol. The molecule has 94 valence electrons. The molecule has 0 saturated carbocycles. The predicted molar refractivity (Wildman–Crippen MR) is 82.4 cm³/mol. The molecule has 0 unspecified atom stereocenters. The molecule has 1 atom stereocenters. The summed E-state index contributed by atoms with van der Waals surface area (Å²) in [7, 11) is 0. The Morgan fingerprint density at radius 1 is 0.737 bits per heavy atom. The van der Waals surface area contributed by atoms with Crippen molar-refractivity contribution in [1.82, 2.24) is 0 Å². The van der Waals surface area contributed by atoms with Crippen LogP contribution in [0.3, 0.4) is 0 Å². The highest BCUT2D eigenvalue weighted by Crippen LogP contribution is 2.23. The molecule has 3 aromatic carbocycles. The first kappa shape index (κ1) is 11.8. The van der Waals surface area contributed by atoms with Crippen LogP contribution in [-0.2, 0) is 0 Å². The van der Waals surface area contributed by atoms with Crippen molar-refractivity contribution < 1.29 is 0 Å². The van der Waals surface area contributed by atoms with Gasteiger partial charge in [0.1, 0.15) is 0 Å². The molecule has 0 saturated heterocycles. The van der Waals surface area contributed by atoms with Gasteiger partial charge in [0.05, 0.1) is 0 Å². The first-order chi connectivity index (χ1) is 9.33. The molecule has 0 amide bonds. The van der Waals surface area contributed by atoms with Crippen LogP contribution in [0.5, 0.6) is 0 Å². The number of benzene rings is 3. The van der Waals surface area contributed by atoms with Gasteiger partial charge in [-0.2, -0.15) is 0 Å². The quantitative estimate of drug-likeness (QED) is 0.685. The highest BCUT2D eigenvalue weighted by Gasteiger charge is 2.05. The summed E-state index contributed by atoms with van der Waals surface area (Å²) < 4.78 is 0. The van der Waals surface area contributed by atoms with E-state index in [9.17, 15) is 0 Å². The molecule has 3 rings (SSSR count). The number of fused-ring (bicyclic) bond motifs is 1. The van der Waals surface area contributed by atoms with Gasteiger partial charge in [-0.3, -0.25) is 0 Å². The predicted octanol–water partition coefficient (Wildman–Crippen LogP) is 5.01. The molecule has 0 radical (unpaired) electrons. The standard InChI is InChI=1S/C18H17N/c1-14(19-18-9-3-2-4-10-18)16-12-11-15-7-5-6-8-17(15)13-16/h2-14,19H,1H3/t14-/m1/s1. The Bertz CT molecular complexity index is 673. The molecule has 0 aliphatic rings. The summed E-state index contributed by atoms with van der Waals surface area (Å²) in [5, 5.41) is 6.11. The molecule has 1 heteroatoms. The van der Waals surface area contributed by atoms with Crippen LogP contribution in [0, 0.1) is 0 Å². The highest BCUT2D eigenvalue weighted by molar-refractivity contribution is 5.83. The number of nitrogens with one attached hydrogen (secondary N) is 1. The van der Waals surface area contributed by atoms with Crippen LogP contribution >= 0.6 is 0 Å². The van der Waals surface area contributed by atoms with Gasteiger partial charge >= 0.3 is 0 Å². The highest BCUT2D eigenvalue weighted by atomic mass is 14.9. The zero-order chi connectivity index (χ0) is 13.1. The van der Waals surface area contributed by atoms with Gasteiger partial charge < -0.3 is 5.32 Å². The summed E-state index contributed by atoms with van der Waals surface area (Å²) >= 11 is 0. The van der Waals surface area contributed by atoms with Gasteiger partial charge in [-0.1, -0.05) is 54.6 Å². The van der Waals surface area contributed by atoms with Crippen molar-refractivity contribution in [3.05, 3.63) is 78.4 Å². The van der Waals surface area contributed by atoms with Crippen molar-refractivity contribution in [3.63, 3.8) is 0 Å². The number of hydrogen-bond donors (Lipinski definition) is 1. The Labute approximate surface area is 113 Å². The van der Waals surface area contributed by atoms with Crippen molar-refractivity contribution in [3.8, 4) is 0 Å². The molecule has 0 spiro atoms. The fourth-order valence-electron chi connectivity index (χ4n) is 2.34. The Morgan fingerprint density at radius 2 is 1.42 bits per heavy atom. The lowest BCUT2D eigenvalue weighted by Crippen LogP contribution is -2.06. The Balaban J connectivity index is 1.87. The van der Waals surface area contributed by atoms with Crippen LogP contribution in [0.15, 0.2) is 72.8 Å². The second kappa shape index (κ2) is 5.15. The molecular formula is C18H17N. The van der Waals surface area contributed by atoms with Crippen LogP contribution in [0.25, 0.3) is 10.8 Å². The lowest BCUT2D eigenvalue weighted by molar-refractivity contribution is 0.887. The van der Waals surface area contributed by atoms with E-state index in [1.807, 2.05) is 6.07 Å². The summed E-state index contributed by atoms with van der Waals surface area (Å²) in [6.07, 6.45) is 0. The normalized spacial score (nSPS) is 12.3. The summed E-state index contributed by atoms with van der Waals surface area (Å²) in [6.45, 7) is 2.19. The van der Waals surface area contributed by atoms with Crippen molar-refractivity contribution >= 4 is 16.5 Å². The molecule has 0 aliphatic carbocycles. The maximum atomic E-state index is 3.52. The van der Waals surface area contributed by atoms with Gasteiger partial charge in [0.15, 0.2) is 0 Å². The minimum absolute atomic E-state index is 0.298. The van der Waals surface area contributed by atoms with Crippen molar-refractivity contribution in [2.75, 3.05) is 5.32 Å². The zero-order valence-corrected chi connectivity index (χ0v) is 11.0. The van der Waals surface area contributed by atoms with Gasteiger partial charge in [-0.25, -0.2) is 0 Å². The van der Waals surface area contributed by atoms with Gasteiger partial charge in [0, 0.05) is 11.7 Å². The van der Waals surface area contributed by atoms with Crippen molar-refractivity contribution in [1.29, 1.82) is 0 Å². The van der Waals surface area contributed by atoms with Crippen LogP contribution in [0.2, 0.25) is 0 Å². The Kier molecular flexibility index (Phi) is 3.20. The fraction of sp³-hybridized carbons (Fsp3) is 0.111. The topological polar surface area (TPSA) is 12.0 Å². The van der Waals surface area contributed by atoms with Gasteiger partial charge in [0.25, 0.3) is 0 Å². The minimum atomic E-state index is 0.298. The SMILES string of the molecule is C[C@@H](Nc1ccccc1)c1ccc2ccccc2c1. The molecular weight excluding hydrogens is 230 g/mol. The molecule has 0 bridgehead atoms. The lowest BCUT2D eigenvalue weighted by atomic mass is 10.0. The number of rotatable bonds is 3. The number of anilines is 1. The zero-order valence-electron chi connectivity index (χ0n) is 11.0. The third-order valence-corrected chi connectivity index (χ3v) is 3.43. The van der Waals surface area contributed by atoms with E-state index in [4.69, 9.17) is 0 Å². The van der Waals surface area contributed by atoms with E-state index in [0.717, 1.165) is 5.69 Å². The molecule has 19 heavy (non-hydrogen) atoms. The lowest BCUT2D eigenvalue weighted by Gasteiger charge is -2.16. The molecule has 0 fully saturated rings. The molecule has 3 aromatic rings. The maximum absolute atomic E-state index is 3.52. The molecule has 1 nitrogen and oxygen atoms in total. The van der Waals surface area contributed by atoms with Gasteiger partial charge in [-0.05, 0) is 41.5 Å². The van der Waals surface area contributed by atoms with E-state index in [1.165, 1.54) is 16.3 Å². The summed E-state index contributed by atoms with van der Waals surface area (Å²) in [4.78, 5) is 0. The molecule has 0 heterocycles. The van der Waals surface area contributed by atoms with Crippen LogP contribution in [-0.4, -0.2) is 0 Å². The van der Waals surface area contributed by atoms with Crippen LogP contribution in [0.1, 0.15) is 18.5 Å². The fourth-order valence-corrected chi connectivity index (χ4v) is 2.34. The second-order valence-corrected chi connectivity index (χ2v) is 4.84. The van der Waals surface area contributed by atoms with Gasteiger partial charge in [0.2, 0.25) is 0 Å². The van der Waals surface area contributed by atoms with Crippen LogP contribution < -0.4 is 5.32 Å². The number of hydrogen-bond acceptors (Lipinski definition) is 1. The van der Waals surface area contributed by atoms with E-state index in [2.05, 4.69) is 79.0 Å². The largest absolute Gasteiger partial charge is 0.379 e. The Hall–Kier alpha value is -2.28. The van der Waals surface area contributed by atoms with Crippen molar-refractivity contribution in [2.45, 2.75) is 13.0 Å². The van der Waals surface area contributed by atoms with Gasteiger partial charge in [-0.15, -0.1) is 0 Å². The first-order valence-corrected chi connectivity index (χ1v) is 6.63. The van der Waals surface area contributed by atoms with E-state index >= 15 is 0 Å². The molecule has 1 N–H and O–H groups in total. The number of para-hydroxylation sites is 1. The summed E-state index contributed by atoms with van der Waals surface area (Å²) in [5.74, 6) is 0. The Morgan fingerprint density at radius 3 is 2.21 bits per heavy atom. The van der Waals surface area contributed by atoms with E-state index in [1.54, 1.807) is 0 Å². The van der Waals surface area contributed by atoms with E-state index < -0.39 is 0 Å². The minimum Gasteiger partial charge on any atom is -0.379 e. The summed E-state index contributed by atoms with van der Waals surface area (Å²) in [6, 6.07) is 25.7. The van der Waals surface area contributed by atoms with Crippen LogP contribution in [0.4, 0.5) is 5.69 Å². The van der Waals surface area contributed by atoms with E-state index in [0.29, 0.717) is 6.04 Å².